The van der Waals surface area contributed by atoms with Crippen molar-refractivity contribution in [1.29, 1.82) is 0 Å². The largest absolute Gasteiger partial charge is 0.489 e. The van der Waals surface area contributed by atoms with Gasteiger partial charge in [-0.2, -0.15) is 0 Å². The first-order valence-electron chi connectivity index (χ1n) is 12.7. The number of furan rings is 1. The fourth-order valence-electron chi connectivity index (χ4n) is 5.78. The molecule has 1 fully saturated rings. The molecule has 4 aromatic rings. The van der Waals surface area contributed by atoms with Gasteiger partial charge < -0.3 is 23.4 Å². The smallest absolute Gasteiger partial charge is 0.338 e. The number of esters is 1. The van der Waals surface area contributed by atoms with Crippen LogP contribution in [0, 0.1) is 0 Å². The van der Waals surface area contributed by atoms with Crippen LogP contribution in [0.1, 0.15) is 52.7 Å². The predicted octanol–water partition coefficient (Wildman–Crippen LogP) is 6.78. The minimum atomic E-state index is -0.306. The highest BCUT2D eigenvalue weighted by Gasteiger charge is 2.37. The maximum atomic E-state index is 12.4. The molecule has 6 nitrogen and oxygen atoms in total. The molecule has 1 aliphatic carbocycles. The Balaban J connectivity index is 1.26. The lowest BCUT2D eigenvalue weighted by Gasteiger charge is -2.39. The number of ether oxygens (including phenoxy) is 4. The van der Waals surface area contributed by atoms with Crippen molar-refractivity contribution in [3.63, 3.8) is 0 Å². The van der Waals surface area contributed by atoms with Crippen LogP contribution < -0.4 is 4.74 Å². The number of carbonyl (C=O) groups excluding carboxylic acids is 1. The van der Waals surface area contributed by atoms with Gasteiger partial charge in [-0.1, -0.05) is 18.2 Å². The maximum Gasteiger partial charge on any atom is 0.338 e. The number of methoxy groups -OCH3 is 2. The summed E-state index contributed by atoms with van der Waals surface area (Å²) in [4.78, 5) is 12.4. The third-order valence-electron chi connectivity index (χ3n) is 7.88. The number of hydrogen-bond donors (Lipinski definition) is 0. The van der Waals surface area contributed by atoms with Gasteiger partial charge in [-0.25, -0.2) is 4.79 Å². The van der Waals surface area contributed by atoms with Crippen LogP contribution in [0.5, 0.6) is 5.75 Å². The molecule has 2 heterocycles. The number of hydrogen-bond acceptors (Lipinski definition) is 6. The van der Waals surface area contributed by atoms with Crippen molar-refractivity contribution in [2.75, 3.05) is 14.2 Å². The fourth-order valence-corrected chi connectivity index (χ4v) is 5.78. The number of fused-ring (bicyclic) bond motifs is 2. The number of cyclic esters (lactones) is 1. The highest BCUT2D eigenvalue weighted by Crippen LogP contribution is 2.42. The van der Waals surface area contributed by atoms with E-state index in [-0.39, 0.29) is 18.2 Å². The zero-order valence-corrected chi connectivity index (χ0v) is 21.1. The van der Waals surface area contributed by atoms with E-state index in [1.807, 2.05) is 36.4 Å². The molecule has 37 heavy (non-hydrogen) atoms. The third-order valence-corrected chi connectivity index (χ3v) is 7.88. The number of rotatable bonds is 7. The van der Waals surface area contributed by atoms with Crippen molar-refractivity contribution in [2.45, 2.75) is 50.6 Å². The molecule has 1 saturated carbocycles. The Morgan fingerprint density at radius 1 is 1.00 bits per heavy atom. The molecule has 0 bridgehead atoms. The second kappa shape index (κ2) is 9.69. The topological polar surface area (TPSA) is 67.1 Å². The first-order valence-corrected chi connectivity index (χ1v) is 12.7. The van der Waals surface area contributed by atoms with Crippen LogP contribution in [0.25, 0.3) is 22.1 Å². The molecular formula is C31H30O6. The van der Waals surface area contributed by atoms with Crippen molar-refractivity contribution in [1.82, 2.24) is 0 Å². The third kappa shape index (κ3) is 4.30. The van der Waals surface area contributed by atoms with Crippen LogP contribution in [0.2, 0.25) is 0 Å². The molecule has 0 radical (unpaired) electrons. The van der Waals surface area contributed by atoms with Gasteiger partial charge in [0.1, 0.15) is 24.7 Å². The molecule has 0 saturated heterocycles. The summed E-state index contributed by atoms with van der Waals surface area (Å²) in [6.45, 7) is 0.682. The summed E-state index contributed by atoms with van der Waals surface area (Å²) in [5, 5.41) is 1.90. The Morgan fingerprint density at radius 3 is 2.62 bits per heavy atom. The van der Waals surface area contributed by atoms with E-state index in [1.165, 1.54) is 5.56 Å². The van der Waals surface area contributed by atoms with Crippen LogP contribution in [0.3, 0.4) is 0 Å². The van der Waals surface area contributed by atoms with Gasteiger partial charge in [-0.3, -0.25) is 0 Å². The summed E-state index contributed by atoms with van der Waals surface area (Å²) < 4.78 is 28.9. The van der Waals surface area contributed by atoms with Crippen LogP contribution in [-0.4, -0.2) is 26.3 Å². The molecule has 0 N–H and O–H groups in total. The van der Waals surface area contributed by atoms with Gasteiger partial charge in [0.05, 0.1) is 23.5 Å². The van der Waals surface area contributed by atoms with Crippen molar-refractivity contribution in [3.8, 4) is 17.1 Å². The molecule has 6 rings (SSSR count). The first-order chi connectivity index (χ1) is 18.1. The van der Waals surface area contributed by atoms with Crippen molar-refractivity contribution < 1.29 is 28.2 Å². The lowest BCUT2D eigenvalue weighted by Crippen LogP contribution is -2.36. The molecule has 2 aliphatic rings. The molecule has 0 unspecified atom stereocenters. The van der Waals surface area contributed by atoms with E-state index in [2.05, 4.69) is 24.3 Å². The monoisotopic (exact) mass is 498 g/mol. The molecular weight excluding hydrogens is 468 g/mol. The Hall–Kier alpha value is -3.61. The lowest BCUT2D eigenvalue weighted by atomic mass is 9.78. The zero-order valence-electron chi connectivity index (χ0n) is 21.1. The van der Waals surface area contributed by atoms with E-state index >= 15 is 0 Å². The van der Waals surface area contributed by atoms with Gasteiger partial charge in [0, 0.05) is 25.3 Å². The van der Waals surface area contributed by atoms with E-state index < -0.39 is 0 Å². The summed E-state index contributed by atoms with van der Waals surface area (Å²) in [5.41, 5.74) is 4.32. The highest BCUT2D eigenvalue weighted by molar-refractivity contribution is 6.06. The molecule has 0 atom stereocenters. The Kier molecular flexibility index (Phi) is 6.22. The average Bonchev–Trinajstić information content (AvgIpc) is 3.61. The Morgan fingerprint density at radius 2 is 1.86 bits per heavy atom. The second-order valence-electron chi connectivity index (χ2n) is 9.84. The molecule has 190 valence electrons. The van der Waals surface area contributed by atoms with Crippen LogP contribution in [-0.2, 0) is 33.0 Å². The van der Waals surface area contributed by atoms with Gasteiger partial charge in [0.2, 0.25) is 0 Å². The summed E-state index contributed by atoms with van der Waals surface area (Å²) in [5.74, 6) is 1.15. The summed E-state index contributed by atoms with van der Waals surface area (Å²) in [7, 11) is 3.58. The van der Waals surface area contributed by atoms with E-state index in [9.17, 15) is 4.79 Å². The zero-order chi connectivity index (χ0) is 25.4. The van der Waals surface area contributed by atoms with Gasteiger partial charge in [-0.15, -0.1) is 0 Å². The Labute approximate surface area is 216 Å². The Bertz CT molecular complexity index is 1430. The summed E-state index contributed by atoms with van der Waals surface area (Å²) >= 11 is 0. The van der Waals surface area contributed by atoms with Crippen molar-refractivity contribution in [3.05, 3.63) is 89.2 Å². The summed E-state index contributed by atoms with van der Waals surface area (Å²) in [6, 6.07) is 20.1. The highest BCUT2D eigenvalue weighted by atomic mass is 16.5. The molecule has 1 aliphatic heterocycles. The normalized spacial score (nSPS) is 21.1. The molecule has 1 aromatic heterocycles. The molecule has 3 aromatic carbocycles. The standard InChI is InChI=1S/C31H30O6/c1-33-23-10-12-31(34-2,13-11-23)22-6-3-5-20(15-22)18-36-24-8-9-25-21(16-24)17-26-27(19-37-30(26)32)29(25)28-7-4-14-35-28/h3-9,14-17,23H,10-13,18-19H2,1-2H3/t23-,31+. The van der Waals surface area contributed by atoms with Gasteiger partial charge in [0.25, 0.3) is 0 Å². The quantitative estimate of drug-likeness (QED) is 0.262. The molecule has 6 heteroatoms. The van der Waals surface area contributed by atoms with Gasteiger partial charge in [0.15, 0.2) is 0 Å². The lowest BCUT2D eigenvalue weighted by molar-refractivity contribution is -0.0762. The maximum absolute atomic E-state index is 12.4. The second-order valence-corrected chi connectivity index (χ2v) is 9.84. The van der Waals surface area contributed by atoms with E-state index in [4.69, 9.17) is 23.4 Å². The molecule has 0 spiro atoms. The van der Waals surface area contributed by atoms with E-state index in [0.717, 1.165) is 64.7 Å². The minimum Gasteiger partial charge on any atom is -0.489 e. The minimum absolute atomic E-state index is 0.254. The van der Waals surface area contributed by atoms with Crippen molar-refractivity contribution >= 4 is 16.7 Å². The molecule has 0 amide bonds. The van der Waals surface area contributed by atoms with Crippen molar-refractivity contribution in [2.24, 2.45) is 0 Å². The predicted molar refractivity (Wildman–Crippen MR) is 139 cm³/mol. The summed E-state index contributed by atoms with van der Waals surface area (Å²) in [6.07, 6.45) is 5.78. The van der Waals surface area contributed by atoms with E-state index in [0.29, 0.717) is 18.3 Å². The first kappa shape index (κ1) is 23.8. The average molecular weight is 499 g/mol. The number of benzene rings is 3. The number of carbonyl (C=O) groups is 1. The van der Waals surface area contributed by atoms with Crippen LogP contribution in [0.15, 0.2) is 71.3 Å². The van der Waals surface area contributed by atoms with Crippen LogP contribution in [0.4, 0.5) is 0 Å². The fraction of sp³-hybridized carbons (Fsp3) is 0.323. The van der Waals surface area contributed by atoms with E-state index in [1.54, 1.807) is 20.5 Å². The van der Waals surface area contributed by atoms with Gasteiger partial charge in [-0.05, 0) is 90.0 Å². The van der Waals surface area contributed by atoms with Gasteiger partial charge >= 0.3 is 5.97 Å². The van der Waals surface area contributed by atoms with Crippen LogP contribution >= 0.6 is 0 Å². The SMILES string of the molecule is CO[C@H]1CC[C@](OC)(c2cccc(COc3ccc4c(-c5ccco5)c5c(cc4c3)C(=O)OC5)c2)CC1.